The van der Waals surface area contributed by atoms with Crippen LogP contribution in [0.3, 0.4) is 0 Å². The molecule has 0 aliphatic rings. The van der Waals surface area contributed by atoms with Crippen molar-refractivity contribution in [2.45, 2.75) is 71.3 Å². The number of benzene rings is 3. The molecule has 2 amide bonds. The Kier molecular flexibility index (Phi) is 18.2. The minimum absolute atomic E-state index is 0.0406. The van der Waals surface area contributed by atoms with E-state index < -0.39 is 6.09 Å². The normalized spacial score (nSPS) is 11.4. The third kappa shape index (κ3) is 15.7. The van der Waals surface area contributed by atoms with Gasteiger partial charge in [-0.05, 0) is 98.2 Å². The van der Waals surface area contributed by atoms with Crippen LogP contribution in [0.25, 0.3) is 0 Å². The molecular formula is C41H56N3O6-. The van der Waals surface area contributed by atoms with Crippen LogP contribution in [0.15, 0.2) is 79.0 Å². The van der Waals surface area contributed by atoms with Gasteiger partial charge in [-0.15, -0.1) is 0 Å². The Morgan fingerprint density at radius 2 is 1.58 bits per heavy atom. The van der Waals surface area contributed by atoms with E-state index in [1.54, 1.807) is 20.4 Å². The molecule has 0 bridgehead atoms. The summed E-state index contributed by atoms with van der Waals surface area (Å²) in [5.74, 6) is 2.46. The third-order valence-electron chi connectivity index (χ3n) is 8.25. The zero-order chi connectivity index (χ0) is 36.0. The van der Waals surface area contributed by atoms with Gasteiger partial charge in [0.05, 0.1) is 20.8 Å². The number of nitrogens with zero attached hydrogens (tertiary/aromatic N) is 1. The lowest BCUT2D eigenvalue weighted by atomic mass is 10.0. The van der Waals surface area contributed by atoms with Crippen molar-refractivity contribution in [3.05, 3.63) is 102 Å². The van der Waals surface area contributed by atoms with Crippen LogP contribution in [0.1, 0.15) is 62.6 Å². The number of amides is 2. The van der Waals surface area contributed by atoms with Crippen molar-refractivity contribution < 1.29 is 28.5 Å². The number of methoxy groups -OCH3 is 2. The first kappa shape index (κ1) is 39.8. The number of aryl methyl sites for hydroxylation is 2. The minimum Gasteiger partial charge on any atom is -0.497 e. The summed E-state index contributed by atoms with van der Waals surface area (Å²) in [5.41, 5.74) is 3.50. The van der Waals surface area contributed by atoms with E-state index in [2.05, 4.69) is 53.6 Å². The van der Waals surface area contributed by atoms with Crippen LogP contribution in [0, 0.1) is 12.5 Å². The molecule has 272 valence electrons. The summed E-state index contributed by atoms with van der Waals surface area (Å²) in [6, 6.07) is 23.9. The molecule has 9 heteroatoms. The van der Waals surface area contributed by atoms with E-state index in [0.717, 1.165) is 74.2 Å². The van der Waals surface area contributed by atoms with Gasteiger partial charge in [-0.25, -0.2) is 4.79 Å². The van der Waals surface area contributed by atoms with Crippen LogP contribution in [0.4, 0.5) is 4.79 Å². The number of hydrogen-bond acceptors (Lipinski definition) is 7. The van der Waals surface area contributed by atoms with E-state index in [-0.39, 0.29) is 18.6 Å². The minimum atomic E-state index is -0.412. The van der Waals surface area contributed by atoms with Crippen LogP contribution in [0.5, 0.6) is 17.2 Å². The Hall–Kier alpha value is -4.66. The molecule has 9 nitrogen and oxygen atoms in total. The Balaban J connectivity index is 1.28. The maximum Gasteiger partial charge on any atom is 0.407 e. The lowest BCUT2D eigenvalue weighted by Gasteiger charge is -2.28. The second kappa shape index (κ2) is 22.9. The molecule has 50 heavy (non-hydrogen) atoms. The standard InChI is InChI=1S/C41H56N3O6/c1-6-44(30-32(2)3)25-23-36(27-33-15-9-7-10-16-33)43-41(46)49-26-12-8-11-24-42-40(45)31-50-37-20-14-19-34(28-37)17-13-18-35-21-22-38(47-4)39(29-35)48-5/h1,6-7,9-10,14-16,19-22,28-29,32,36H,8,11-13,17-18,23-27,30-31H2,2-5H3,(H,42,45)(H,43,46)/q-1. The highest BCUT2D eigenvalue weighted by Gasteiger charge is 2.15. The molecule has 1 atom stereocenters. The van der Waals surface area contributed by atoms with Crippen LogP contribution >= 0.6 is 0 Å². The first-order chi connectivity index (χ1) is 24.3. The average Bonchev–Trinajstić information content (AvgIpc) is 3.12. The largest absolute Gasteiger partial charge is 0.497 e. The van der Waals surface area contributed by atoms with Gasteiger partial charge in [0.15, 0.2) is 18.1 Å². The van der Waals surface area contributed by atoms with Crippen molar-refractivity contribution >= 4 is 12.0 Å². The number of hydrogen-bond donors (Lipinski definition) is 2. The van der Waals surface area contributed by atoms with E-state index in [1.807, 2.05) is 48.5 Å². The van der Waals surface area contributed by atoms with Crippen molar-refractivity contribution in [2.75, 3.05) is 47.1 Å². The number of carbonyl (C=O) groups is 2. The fourth-order valence-corrected chi connectivity index (χ4v) is 5.67. The van der Waals surface area contributed by atoms with Gasteiger partial charge in [-0.1, -0.05) is 62.4 Å². The van der Waals surface area contributed by atoms with Gasteiger partial charge in [0.25, 0.3) is 5.91 Å². The SMILES string of the molecule is [CH-]=CN(CCC(Cc1ccccc1)NC(=O)OCCCCCNC(=O)COc1cccc(CCCc2ccc(OC)c(OC)c2)c1)CC(C)C. The van der Waals surface area contributed by atoms with Gasteiger partial charge in [-0.3, -0.25) is 4.79 Å². The van der Waals surface area contributed by atoms with Crippen LogP contribution in [-0.4, -0.2) is 70.0 Å². The molecule has 3 aromatic rings. The Morgan fingerprint density at radius 1 is 0.840 bits per heavy atom. The number of alkyl carbamates (subject to hydrolysis) is 1. The predicted octanol–water partition coefficient (Wildman–Crippen LogP) is 7.18. The zero-order valence-electron chi connectivity index (χ0n) is 30.3. The molecule has 0 saturated heterocycles. The summed E-state index contributed by atoms with van der Waals surface area (Å²) < 4.78 is 22.0. The Morgan fingerprint density at radius 3 is 2.30 bits per heavy atom. The Labute approximate surface area is 299 Å². The topological polar surface area (TPSA) is 98.4 Å². The van der Waals surface area contributed by atoms with Crippen LogP contribution in [-0.2, 0) is 28.8 Å². The first-order valence-corrected chi connectivity index (χ1v) is 17.7. The molecule has 0 saturated carbocycles. The number of rotatable bonds is 24. The van der Waals surface area contributed by atoms with E-state index in [9.17, 15) is 9.59 Å². The fourth-order valence-electron chi connectivity index (χ4n) is 5.67. The van der Waals surface area contributed by atoms with Crippen molar-refractivity contribution in [3.63, 3.8) is 0 Å². The van der Waals surface area contributed by atoms with Crippen molar-refractivity contribution in [1.29, 1.82) is 0 Å². The molecule has 0 aliphatic carbocycles. The highest BCUT2D eigenvalue weighted by molar-refractivity contribution is 5.77. The highest BCUT2D eigenvalue weighted by atomic mass is 16.5. The molecule has 0 spiro atoms. The quantitative estimate of drug-likeness (QED) is 0.0762. The van der Waals surface area contributed by atoms with Gasteiger partial charge >= 0.3 is 6.09 Å². The summed E-state index contributed by atoms with van der Waals surface area (Å²) in [6.45, 7) is 12.6. The molecule has 1 unspecified atom stereocenters. The van der Waals surface area contributed by atoms with Gasteiger partial charge in [0.2, 0.25) is 0 Å². The molecule has 0 fully saturated rings. The number of nitrogens with one attached hydrogen (secondary N) is 2. The Bertz CT molecular complexity index is 1430. The van der Waals surface area contributed by atoms with E-state index in [1.165, 1.54) is 5.56 Å². The molecule has 0 aromatic heterocycles. The number of carbonyl (C=O) groups excluding carboxylic acids is 2. The van der Waals surface area contributed by atoms with Gasteiger partial charge < -0.3 is 41.1 Å². The second-order valence-corrected chi connectivity index (χ2v) is 12.9. The van der Waals surface area contributed by atoms with Crippen LogP contribution < -0.4 is 24.8 Å². The predicted molar refractivity (Wildman–Crippen MR) is 199 cm³/mol. The second-order valence-electron chi connectivity index (χ2n) is 12.9. The maximum absolute atomic E-state index is 12.6. The molecular weight excluding hydrogens is 630 g/mol. The fraction of sp³-hybridized carbons (Fsp3) is 0.463. The smallest absolute Gasteiger partial charge is 0.407 e. The lowest BCUT2D eigenvalue weighted by Crippen LogP contribution is -2.39. The number of unbranched alkanes of at least 4 members (excludes halogenated alkanes) is 2. The van der Waals surface area contributed by atoms with E-state index >= 15 is 0 Å². The van der Waals surface area contributed by atoms with Crippen molar-refractivity contribution in [2.24, 2.45) is 5.92 Å². The van der Waals surface area contributed by atoms with E-state index in [4.69, 9.17) is 25.5 Å². The third-order valence-corrected chi connectivity index (χ3v) is 8.25. The summed E-state index contributed by atoms with van der Waals surface area (Å²) in [5, 5.41) is 5.96. The summed E-state index contributed by atoms with van der Waals surface area (Å²) in [7, 11) is 3.28. The average molecular weight is 687 g/mol. The summed E-state index contributed by atoms with van der Waals surface area (Å²) in [4.78, 5) is 27.1. The number of ether oxygens (including phenoxy) is 4. The molecule has 0 heterocycles. The monoisotopic (exact) mass is 686 g/mol. The molecule has 3 rings (SSSR count). The van der Waals surface area contributed by atoms with E-state index in [0.29, 0.717) is 37.7 Å². The molecule has 2 N–H and O–H groups in total. The summed E-state index contributed by atoms with van der Waals surface area (Å²) in [6.07, 6.45) is 7.77. The van der Waals surface area contributed by atoms with Crippen molar-refractivity contribution in [1.82, 2.24) is 15.5 Å². The summed E-state index contributed by atoms with van der Waals surface area (Å²) >= 11 is 0. The lowest BCUT2D eigenvalue weighted by molar-refractivity contribution is -0.123. The first-order valence-electron chi connectivity index (χ1n) is 17.7. The van der Waals surface area contributed by atoms with Gasteiger partial charge in [-0.2, -0.15) is 6.20 Å². The maximum atomic E-state index is 12.6. The highest BCUT2D eigenvalue weighted by Crippen LogP contribution is 2.28. The van der Waals surface area contributed by atoms with Gasteiger partial charge in [0, 0.05) is 25.7 Å². The molecule has 0 aliphatic heterocycles. The van der Waals surface area contributed by atoms with Crippen LogP contribution in [0.2, 0.25) is 0 Å². The molecule has 3 aromatic carbocycles. The van der Waals surface area contributed by atoms with Crippen molar-refractivity contribution in [3.8, 4) is 17.2 Å². The zero-order valence-corrected chi connectivity index (χ0v) is 30.3. The molecule has 0 radical (unpaired) electrons. The van der Waals surface area contributed by atoms with Gasteiger partial charge in [0.1, 0.15) is 5.75 Å².